The highest BCUT2D eigenvalue weighted by molar-refractivity contribution is 6.32. The van der Waals surface area contributed by atoms with Crippen molar-refractivity contribution in [2.24, 2.45) is 0 Å². The summed E-state index contributed by atoms with van der Waals surface area (Å²) in [5, 5.41) is 0.679. The van der Waals surface area contributed by atoms with Crippen LogP contribution in [0.4, 0.5) is 0 Å². The fourth-order valence-electron chi connectivity index (χ4n) is 1.24. The lowest BCUT2D eigenvalue weighted by Crippen LogP contribution is -1.99. The van der Waals surface area contributed by atoms with Crippen LogP contribution < -0.4 is 4.74 Å². The van der Waals surface area contributed by atoms with Gasteiger partial charge in [-0.15, -0.1) is 6.58 Å². The first-order valence-corrected chi connectivity index (χ1v) is 5.18. The van der Waals surface area contributed by atoms with Gasteiger partial charge in [0.05, 0.1) is 11.6 Å². The van der Waals surface area contributed by atoms with Crippen LogP contribution in [0.2, 0.25) is 5.02 Å². The van der Waals surface area contributed by atoms with Crippen molar-refractivity contribution in [3.8, 4) is 5.75 Å². The topological polar surface area (TPSA) is 9.23 Å². The van der Waals surface area contributed by atoms with E-state index in [1.165, 1.54) is 0 Å². The van der Waals surface area contributed by atoms with Crippen molar-refractivity contribution in [1.29, 1.82) is 0 Å². The van der Waals surface area contributed by atoms with Gasteiger partial charge in [-0.25, -0.2) is 0 Å². The van der Waals surface area contributed by atoms with Gasteiger partial charge in [-0.1, -0.05) is 36.7 Å². The van der Waals surface area contributed by atoms with Gasteiger partial charge in [0, 0.05) is 0 Å². The van der Waals surface area contributed by atoms with Crippen LogP contribution in [0.1, 0.15) is 18.9 Å². The summed E-state index contributed by atoms with van der Waals surface area (Å²) in [5.41, 5.74) is 1.10. The largest absolute Gasteiger partial charge is 0.492 e. The number of ether oxygens (including phenoxy) is 1. The zero-order valence-electron chi connectivity index (χ0n) is 8.42. The molecule has 0 fully saturated rings. The molecule has 0 aliphatic heterocycles. The summed E-state index contributed by atoms with van der Waals surface area (Å²) in [6, 6.07) is 5.79. The zero-order valence-corrected chi connectivity index (χ0v) is 9.18. The van der Waals surface area contributed by atoms with Crippen molar-refractivity contribution in [2.45, 2.75) is 19.8 Å². The van der Waals surface area contributed by atoms with Crippen molar-refractivity contribution in [3.05, 3.63) is 41.4 Å². The minimum atomic E-state index is 0.679. The highest BCUT2D eigenvalue weighted by Crippen LogP contribution is 2.29. The van der Waals surface area contributed by atoms with Gasteiger partial charge in [0.25, 0.3) is 0 Å². The first-order chi connectivity index (χ1) is 6.79. The molecular formula is C12H15ClO. The molecule has 14 heavy (non-hydrogen) atoms. The van der Waals surface area contributed by atoms with Gasteiger partial charge < -0.3 is 4.74 Å². The summed E-state index contributed by atoms with van der Waals surface area (Å²) in [7, 11) is 0. The van der Waals surface area contributed by atoms with E-state index in [0.717, 1.165) is 24.2 Å². The first kappa shape index (κ1) is 11.1. The standard InChI is InChI=1S/C12H15ClO/c1-3-6-10-7-5-8-11(13)12(10)14-9-4-2/h3,5,7-8H,1,4,6,9H2,2H3. The molecule has 0 saturated carbocycles. The van der Waals surface area contributed by atoms with Crippen LogP contribution in [-0.4, -0.2) is 6.61 Å². The van der Waals surface area contributed by atoms with Crippen molar-refractivity contribution < 1.29 is 4.74 Å². The molecule has 1 aromatic carbocycles. The maximum Gasteiger partial charge on any atom is 0.141 e. The van der Waals surface area contributed by atoms with Gasteiger partial charge in [-0.2, -0.15) is 0 Å². The molecule has 0 saturated heterocycles. The molecule has 1 rings (SSSR count). The van der Waals surface area contributed by atoms with E-state index in [1.807, 2.05) is 24.3 Å². The Morgan fingerprint density at radius 1 is 1.50 bits per heavy atom. The molecule has 76 valence electrons. The lowest BCUT2D eigenvalue weighted by atomic mass is 10.1. The molecule has 0 spiro atoms. The van der Waals surface area contributed by atoms with E-state index >= 15 is 0 Å². The van der Waals surface area contributed by atoms with Crippen LogP contribution in [0.3, 0.4) is 0 Å². The molecule has 1 aromatic rings. The lowest BCUT2D eigenvalue weighted by Gasteiger charge is -2.11. The molecule has 0 heterocycles. The summed E-state index contributed by atoms with van der Waals surface area (Å²) in [5.74, 6) is 0.802. The molecule has 0 aliphatic carbocycles. The quantitative estimate of drug-likeness (QED) is 0.671. The Balaban J connectivity index is 2.89. The Hall–Kier alpha value is -0.950. The normalized spacial score (nSPS) is 9.86. The lowest BCUT2D eigenvalue weighted by molar-refractivity contribution is 0.315. The number of para-hydroxylation sites is 1. The molecule has 1 nitrogen and oxygen atoms in total. The van der Waals surface area contributed by atoms with Gasteiger partial charge in [-0.3, -0.25) is 0 Å². The molecule has 0 atom stereocenters. The third-order valence-electron chi connectivity index (χ3n) is 1.86. The highest BCUT2D eigenvalue weighted by Gasteiger charge is 2.06. The van der Waals surface area contributed by atoms with Crippen LogP contribution in [0.5, 0.6) is 5.75 Å². The number of halogens is 1. The second-order valence-electron chi connectivity index (χ2n) is 3.07. The van der Waals surface area contributed by atoms with Crippen molar-refractivity contribution in [2.75, 3.05) is 6.61 Å². The molecule has 0 aromatic heterocycles. The molecule has 0 N–H and O–H groups in total. The fraction of sp³-hybridized carbons (Fsp3) is 0.333. The number of allylic oxidation sites excluding steroid dienone is 1. The van der Waals surface area contributed by atoms with E-state index in [4.69, 9.17) is 16.3 Å². The zero-order chi connectivity index (χ0) is 10.4. The summed E-state index contributed by atoms with van der Waals surface area (Å²) in [4.78, 5) is 0. The summed E-state index contributed by atoms with van der Waals surface area (Å²) >= 11 is 6.04. The average Bonchev–Trinajstić information content (AvgIpc) is 2.18. The predicted octanol–water partition coefficient (Wildman–Crippen LogP) is 3.86. The van der Waals surface area contributed by atoms with Crippen molar-refractivity contribution in [3.63, 3.8) is 0 Å². The Bertz CT molecular complexity index is 307. The molecular weight excluding hydrogens is 196 g/mol. The maximum absolute atomic E-state index is 6.04. The van der Waals surface area contributed by atoms with E-state index in [-0.39, 0.29) is 0 Å². The fourth-order valence-corrected chi connectivity index (χ4v) is 1.48. The Kier molecular flexibility index (Phi) is 4.54. The average molecular weight is 211 g/mol. The summed E-state index contributed by atoms with van der Waals surface area (Å²) in [6.45, 7) is 6.48. The predicted molar refractivity (Wildman–Crippen MR) is 61.1 cm³/mol. The van der Waals surface area contributed by atoms with E-state index in [1.54, 1.807) is 0 Å². The molecule has 2 heteroatoms. The number of rotatable bonds is 5. The van der Waals surface area contributed by atoms with E-state index in [2.05, 4.69) is 13.5 Å². The van der Waals surface area contributed by atoms with E-state index < -0.39 is 0 Å². The number of hydrogen-bond donors (Lipinski definition) is 0. The summed E-state index contributed by atoms with van der Waals surface area (Å²) in [6.07, 6.45) is 3.63. The molecule has 0 amide bonds. The second kappa shape index (κ2) is 5.71. The maximum atomic E-state index is 6.04. The summed E-state index contributed by atoms with van der Waals surface area (Å²) < 4.78 is 5.59. The molecule has 0 aliphatic rings. The van der Waals surface area contributed by atoms with Gasteiger partial charge in [-0.05, 0) is 24.5 Å². The second-order valence-corrected chi connectivity index (χ2v) is 3.48. The number of hydrogen-bond acceptors (Lipinski definition) is 1. The van der Waals surface area contributed by atoms with Crippen LogP contribution in [0, 0.1) is 0 Å². The highest BCUT2D eigenvalue weighted by atomic mass is 35.5. The first-order valence-electron chi connectivity index (χ1n) is 4.80. The van der Waals surface area contributed by atoms with Crippen LogP contribution in [0.25, 0.3) is 0 Å². The van der Waals surface area contributed by atoms with Crippen LogP contribution >= 0.6 is 11.6 Å². The Morgan fingerprint density at radius 3 is 2.93 bits per heavy atom. The van der Waals surface area contributed by atoms with Gasteiger partial charge >= 0.3 is 0 Å². The Morgan fingerprint density at radius 2 is 2.29 bits per heavy atom. The minimum absolute atomic E-state index is 0.679. The number of benzene rings is 1. The van der Waals surface area contributed by atoms with Crippen LogP contribution in [0.15, 0.2) is 30.9 Å². The van der Waals surface area contributed by atoms with Gasteiger partial charge in [0.15, 0.2) is 0 Å². The van der Waals surface area contributed by atoms with Gasteiger partial charge in [0.2, 0.25) is 0 Å². The Labute approximate surface area is 90.3 Å². The SMILES string of the molecule is C=CCc1cccc(Cl)c1OCCC. The van der Waals surface area contributed by atoms with Crippen molar-refractivity contribution >= 4 is 11.6 Å². The van der Waals surface area contributed by atoms with Crippen LogP contribution in [-0.2, 0) is 6.42 Å². The minimum Gasteiger partial charge on any atom is -0.492 e. The van der Waals surface area contributed by atoms with Gasteiger partial charge in [0.1, 0.15) is 5.75 Å². The van der Waals surface area contributed by atoms with Crippen molar-refractivity contribution in [1.82, 2.24) is 0 Å². The third kappa shape index (κ3) is 2.78. The molecule has 0 bridgehead atoms. The van der Waals surface area contributed by atoms with E-state index in [9.17, 15) is 0 Å². The smallest absolute Gasteiger partial charge is 0.141 e. The third-order valence-corrected chi connectivity index (χ3v) is 2.16. The monoisotopic (exact) mass is 210 g/mol. The molecule has 0 radical (unpaired) electrons. The van der Waals surface area contributed by atoms with E-state index in [0.29, 0.717) is 11.6 Å². The molecule has 0 unspecified atom stereocenters.